The normalized spacial score (nSPS) is 22.2. The zero-order chi connectivity index (χ0) is 6.74. The molecular formula is C8H12O. The summed E-state index contributed by atoms with van der Waals surface area (Å²) in [5, 5.41) is 0. The molecule has 0 unspecified atom stereocenters. The van der Waals surface area contributed by atoms with Crippen molar-refractivity contribution in [3.63, 3.8) is 0 Å². The smallest absolute Gasteiger partial charge is 0.126 e. The Morgan fingerprint density at radius 2 is 2.22 bits per heavy atom. The number of carbonyl (C=O) groups is 1. The van der Waals surface area contributed by atoms with Gasteiger partial charge in [-0.05, 0) is 19.3 Å². The van der Waals surface area contributed by atoms with Gasteiger partial charge in [-0.3, -0.25) is 0 Å². The molecule has 1 heteroatoms. The van der Waals surface area contributed by atoms with Crippen molar-refractivity contribution in [3.05, 3.63) is 12.7 Å². The highest BCUT2D eigenvalue weighted by atomic mass is 16.1. The maximum atomic E-state index is 10.5. The minimum Gasteiger partial charge on any atom is -0.303 e. The Hall–Kier alpha value is -0.590. The third-order valence-electron chi connectivity index (χ3n) is 2.15. The van der Waals surface area contributed by atoms with E-state index in [4.69, 9.17) is 0 Å². The average molecular weight is 124 g/mol. The van der Waals surface area contributed by atoms with Crippen LogP contribution in [0.5, 0.6) is 0 Å². The fourth-order valence-electron chi connectivity index (χ4n) is 1.29. The molecule has 0 atom stereocenters. The van der Waals surface area contributed by atoms with Crippen molar-refractivity contribution in [2.75, 3.05) is 0 Å². The maximum absolute atomic E-state index is 10.5. The van der Waals surface area contributed by atoms with Crippen molar-refractivity contribution < 1.29 is 4.79 Å². The summed E-state index contributed by atoms with van der Waals surface area (Å²) in [5.74, 6) is 0. The summed E-state index contributed by atoms with van der Waals surface area (Å²) >= 11 is 0. The predicted molar refractivity (Wildman–Crippen MR) is 37.2 cm³/mol. The highest BCUT2D eigenvalue weighted by Crippen LogP contribution is 2.41. The Kier molecular flexibility index (Phi) is 1.70. The first-order valence-electron chi connectivity index (χ1n) is 3.40. The highest BCUT2D eigenvalue weighted by molar-refractivity contribution is 5.61. The summed E-state index contributed by atoms with van der Waals surface area (Å²) in [6.45, 7) is 3.62. The highest BCUT2D eigenvalue weighted by Gasteiger charge is 2.34. The fourth-order valence-corrected chi connectivity index (χ4v) is 1.29. The number of aldehydes is 1. The van der Waals surface area contributed by atoms with E-state index in [2.05, 4.69) is 6.58 Å². The largest absolute Gasteiger partial charge is 0.303 e. The second-order valence-electron chi connectivity index (χ2n) is 2.83. The van der Waals surface area contributed by atoms with Gasteiger partial charge in [0.15, 0.2) is 0 Å². The van der Waals surface area contributed by atoms with Gasteiger partial charge in [-0.1, -0.05) is 12.5 Å². The summed E-state index contributed by atoms with van der Waals surface area (Å²) in [4.78, 5) is 10.5. The van der Waals surface area contributed by atoms with E-state index in [0.717, 1.165) is 25.5 Å². The molecule has 0 saturated heterocycles. The van der Waals surface area contributed by atoms with Gasteiger partial charge in [-0.15, -0.1) is 6.58 Å². The quantitative estimate of drug-likeness (QED) is 0.415. The molecule has 1 nitrogen and oxygen atoms in total. The lowest BCUT2D eigenvalue weighted by atomic mass is 9.68. The number of carbonyl (C=O) groups excluding carboxylic acids is 1. The Labute approximate surface area is 55.8 Å². The van der Waals surface area contributed by atoms with Crippen molar-refractivity contribution in [2.45, 2.75) is 25.7 Å². The van der Waals surface area contributed by atoms with E-state index < -0.39 is 0 Å². The van der Waals surface area contributed by atoms with Gasteiger partial charge in [0.25, 0.3) is 0 Å². The van der Waals surface area contributed by atoms with Crippen molar-refractivity contribution in [3.8, 4) is 0 Å². The molecular weight excluding hydrogens is 112 g/mol. The van der Waals surface area contributed by atoms with Crippen LogP contribution in [0.15, 0.2) is 12.7 Å². The summed E-state index contributed by atoms with van der Waals surface area (Å²) < 4.78 is 0. The van der Waals surface area contributed by atoms with E-state index in [0.29, 0.717) is 0 Å². The van der Waals surface area contributed by atoms with Gasteiger partial charge in [0, 0.05) is 5.41 Å². The lowest BCUT2D eigenvalue weighted by molar-refractivity contribution is -0.120. The second-order valence-corrected chi connectivity index (χ2v) is 2.83. The molecule has 0 heterocycles. The van der Waals surface area contributed by atoms with Gasteiger partial charge in [-0.2, -0.15) is 0 Å². The lowest BCUT2D eigenvalue weighted by Gasteiger charge is -2.35. The van der Waals surface area contributed by atoms with Crippen molar-refractivity contribution >= 4 is 6.29 Å². The van der Waals surface area contributed by atoms with Crippen molar-refractivity contribution in [1.29, 1.82) is 0 Å². The number of rotatable bonds is 3. The first kappa shape index (κ1) is 6.53. The molecule has 0 bridgehead atoms. The molecule has 0 radical (unpaired) electrons. The third kappa shape index (κ3) is 1.04. The first-order valence-corrected chi connectivity index (χ1v) is 3.40. The standard InChI is InChI=1S/C8H12O/c1-2-4-8(7-9)5-3-6-8/h2,7H,1,3-6H2. The van der Waals surface area contributed by atoms with Crippen molar-refractivity contribution in [2.24, 2.45) is 5.41 Å². The van der Waals surface area contributed by atoms with Crippen LogP contribution in [0.2, 0.25) is 0 Å². The summed E-state index contributed by atoms with van der Waals surface area (Å²) in [7, 11) is 0. The Bertz CT molecular complexity index is 123. The van der Waals surface area contributed by atoms with Gasteiger partial charge in [0.2, 0.25) is 0 Å². The zero-order valence-corrected chi connectivity index (χ0v) is 5.60. The van der Waals surface area contributed by atoms with Crippen LogP contribution in [0.3, 0.4) is 0 Å². The van der Waals surface area contributed by atoms with E-state index in [9.17, 15) is 4.79 Å². The molecule has 1 fully saturated rings. The monoisotopic (exact) mass is 124 g/mol. The van der Waals surface area contributed by atoms with E-state index in [-0.39, 0.29) is 5.41 Å². The topological polar surface area (TPSA) is 17.1 Å². The molecule has 1 saturated carbocycles. The Morgan fingerprint density at radius 1 is 1.56 bits per heavy atom. The number of hydrogen-bond acceptors (Lipinski definition) is 1. The van der Waals surface area contributed by atoms with Crippen LogP contribution < -0.4 is 0 Å². The summed E-state index contributed by atoms with van der Waals surface area (Å²) in [6.07, 6.45) is 7.17. The van der Waals surface area contributed by atoms with Crippen LogP contribution in [-0.2, 0) is 4.79 Å². The SMILES string of the molecule is C=CCC1(C=O)CCC1. The van der Waals surface area contributed by atoms with Crippen LogP contribution in [0.4, 0.5) is 0 Å². The van der Waals surface area contributed by atoms with Crippen molar-refractivity contribution in [1.82, 2.24) is 0 Å². The predicted octanol–water partition coefficient (Wildman–Crippen LogP) is 1.93. The molecule has 0 aliphatic heterocycles. The number of allylic oxidation sites excluding steroid dienone is 1. The molecule has 9 heavy (non-hydrogen) atoms. The van der Waals surface area contributed by atoms with Crippen LogP contribution >= 0.6 is 0 Å². The average Bonchev–Trinajstić information content (AvgIpc) is 1.79. The molecule has 1 aliphatic rings. The fraction of sp³-hybridized carbons (Fsp3) is 0.625. The minimum absolute atomic E-state index is 0.0156. The molecule has 0 aromatic heterocycles. The molecule has 1 rings (SSSR count). The summed E-state index contributed by atoms with van der Waals surface area (Å²) in [5.41, 5.74) is 0.0156. The lowest BCUT2D eigenvalue weighted by Crippen LogP contribution is -2.29. The molecule has 0 aromatic rings. The van der Waals surface area contributed by atoms with E-state index >= 15 is 0 Å². The van der Waals surface area contributed by atoms with Crippen LogP contribution in [0.1, 0.15) is 25.7 Å². The van der Waals surface area contributed by atoms with Crippen LogP contribution in [-0.4, -0.2) is 6.29 Å². The maximum Gasteiger partial charge on any atom is 0.126 e. The minimum atomic E-state index is 0.0156. The van der Waals surface area contributed by atoms with Gasteiger partial charge < -0.3 is 4.79 Å². The molecule has 1 aliphatic carbocycles. The van der Waals surface area contributed by atoms with E-state index in [1.165, 1.54) is 6.42 Å². The van der Waals surface area contributed by atoms with E-state index in [1.54, 1.807) is 0 Å². The van der Waals surface area contributed by atoms with E-state index in [1.807, 2.05) is 6.08 Å². The molecule has 0 aromatic carbocycles. The summed E-state index contributed by atoms with van der Waals surface area (Å²) in [6, 6.07) is 0. The second kappa shape index (κ2) is 2.34. The molecule has 0 N–H and O–H groups in total. The van der Waals surface area contributed by atoms with Gasteiger partial charge in [-0.25, -0.2) is 0 Å². The third-order valence-corrected chi connectivity index (χ3v) is 2.15. The van der Waals surface area contributed by atoms with Crippen LogP contribution in [0, 0.1) is 5.41 Å². The molecule has 0 spiro atoms. The van der Waals surface area contributed by atoms with Gasteiger partial charge >= 0.3 is 0 Å². The Morgan fingerprint density at radius 3 is 2.33 bits per heavy atom. The first-order chi connectivity index (χ1) is 4.33. The van der Waals surface area contributed by atoms with Crippen LogP contribution in [0.25, 0.3) is 0 Å². The zero-order valence-electron chi connectivity index (χ0n) is 5.60. The molecule has 50 valence electrons. The molecule has 0 amide bonds. The number of hydrogen-bond donors (Lipinski definition) is 0. The Balaban J connectivity index is 2.45. The van der Waals surface area contributed by atoms with Gasteiger partial charge in [0.05, 0.1) is 0 Å². The van der Waals surface area contributed by atoms with Gasteiger partial charge in [0.1, 0.15) is 6.29 Å².